The van der Waals surface area contributed by atoms with Gasteiger partial charge in [-0.1, -0.05) is 12.1 Å². The maximum atomic E-state index is 12.3. The number of hydrogen-bond acceptors (Lipinski definition) is 5. The molecule has 2 aromatic carbocycles. The Morgan fingerprint density at radius 3 is 2.37 bits per heavy atom. The normalized spacial score (nSPS) is 10.4. The fraction of sp³-hybridized carbons (Fsp3) is 0.200. The monoisotopic (exact) mass is 364 g/mol. The lowest BCUT2D eigenvalue weighted by molar-refractivity contribution is 0.0947. The van der Waals surface area contributed by atoms with Gasteiger partial charge < -0.3 is 15.1 Å². The number of carbonyl (C=O) groups is 2. The zero-order valence-corrected chi connectivity index (χ0v) is 15.2. The molecule has 7 nitrogen and oxygen atoms in total. The van der Waals surface area contributed by atoms with Crippen LogP contribution in [0.2, 0.25) is 0 Å². The third-order valence-electron chi connectivity index (χ3n) is 3.90. The molecule has 0 atom stereocenters. The van der Waals surface area contributed by atoms with E-state index in [4.69, 9.17) is 4.42 Å². The van der Waals surface area contributed by atoms with E-state index < -0.39 is 0 Å². The summed E-state index contributed by atoms with van der Waals surface area (Å²) in [5.74, 6) is 0.576. The third kappa shape index (κ3) is 4.58. The highest BCUT2D eigenvalue weighted by molar-refractivity contribution is 5.95. The topological polar surface area (TPSA) is 97.1 Å². The molecule has 2 amide bonds. The number of nitrogens with zero attached hydrogens (tertiary/aromatic N) is 2. The van der Waals surface area contributed by atoms with Gasteiger partial charge in [0, 0.05) is 36.7 Å². The summed E-state index contributed by atoms with van der Waals surface area (Å²) in [6, 6.07) is 14.1. The largest absolute Gasteiger partial charge is 0.421 e. The Morgan fingerprint density at radius 2 is 1.70 bits per heavy atom. The van der Waals surface area contributed by atoms with Crippen molar-refractivity contribution in [2.45, 2.75) is 20.4 Å². The Labute approximate surface area is 156 Å². The summed E-state index contributed by atoms with van der Waals surface area (Å²) < 4.78 is 5.37. The Bertz CT molecular complexity index is 948. The van der Waals surface area contributed by atoms with E-state index in [1.54, 1.807) is 49.4 Å². The molecule has 7 heteroatoms. The summed E-state index contributed by atoms with van der Waals surface area (Å²) in [7, 11) is 0. The number of aromatic nitrogens is 2. The van der Waals surface area contributed by atoms with Crippen LogP contribution in [0.4, 0.5) is 0 Å². The van der Waals surface area contributed by atoms with E-state index in [-0.39, 0.29) is 11.8 Å². The molecule has 0 radical (unpaired) electrons. The Morgan fingerprint density at radius 1 is 0.963 bits per heavy atom. The van der Waals surface area contributed by atoms with Gasteiger partial charge in [0.1, 0.15) is 0 Å². The van der Waals surface area contributed by atoms with Gasteiger partial charge in [-0.05, 0) is 48.9 Å². The lowest BCUT2D eigenvalue weighted by atomic mass is 10.1. The van der Waals surface area contributed by atoms with Crippen LogP contribution in [0.15, 0.2) is 52.9 Å². The summed E-state index contributed by atoms with van der Waals surface area (Å²) in [6.07, 6.45) is 0. The molecule has 0 saturated heterocycles. The van der Waals surface area contributed by atoms with Gasteiger partial charge in [-0.25, -0.2) is 0 Å². The molecule has 0 bridgehead atoms. The van der Waals surface area contributed by atoms with Crippen LogP contribution in [0.1, 0.15) is 39.1 Å². The molecule has 138 valence electrons. The van der Waals surface area contributed by atoms with E-state index in [1.165, 1.54) is 0 Å². The number of hydrogen-bond donors (Lipinski definition) is 2. The van der Waals surface area contributed by atoms with Crippen molar-refractivity contribution in [1.29, 1.82) is 0 Å². The highest BCUT2D eigenvalue weighted by Crippen LogP contribution is 2.18. The molecule has 2 N–H and O–H groups in total. The van der Waals surface area contributed by atoms with Gasteiger partial charge in [-0.2, -0.15) is 0 Å². The number of amides is 2. The summed E-state index contributed by atoms with van der Waals surface area (Å²) in [5, 5.41) is 13.4. The van der Waals surface area contributed by atoms with Crippen LogP contribution in [-0.4, -0.2) is 28.6 Å². The molecular formula is C20H20N4O3. The first-order valence-corrected chi connectivity index (χ1v) is 8.62. The van der Waals surface area contributed by atoms with E-state index in [2.05, 4.69) is 20.8 Å². The molecular weight excluding hydrogens is 344 g/mol. The average molecular weight is 364 g/mol. The quantitative estimate of drug-likeness (QED) is 0.701. The van der Waals surface area contributed by atoms with E-state index in [0.29, 0.717) is 36.0 Å². The van der Waals surface area contributed by atoms with Crippen LogP contribution in [0.25, 0.3) is 11.5 Å². The van der Waals surface area contributed by atoms with Gasteiger partial charge in [0.25, 0.3) is 11.8 Å². The van der Waals surface area contributed by atoms with Crippen molar-refractivity contribution in [3.8, 4) is 11.5 Å². The summed E-state index contributed by atoms with van der Waals surface area (Å²) >= 11 is 0. The average Bonchev–Trinajstić information content (AvgIpc) is 3.13. The second kappa shape index (κ2) is 8.27. The number of nitrogens with one attached hydrogen (secondary N) is 2. The minimum Gasteiger partial charge on any atom is -0.421 e. The first-order chi connectivity index (χ1) is 13.1. The molecule has 0 aliphatic rings. The zero-order valence-electron chi connectivity index (χ0n) is 15.2. The smallest absolute Gasteiger partial charge is 0.251 e. The van der Waals surface area contributed by atoms with Crippen LogP contribution in [0.3, 0.4) is 0 Å². The zero-order chi connectivity index (χ0) is 19.2. The summed E-state index contributed by atoms with van der Waals surface area (Å²) in [4.78, 5) is 24.2. The van der Waals surface area contributed by atoms with Crippen molar-refractivity contribution in [1.82, 2.24) is 20.8 Å². The number of carbonyl (C=O) groups excluding carboxylic acids is 2. The molecule has 3 aromatic rings. The Hall–Kier alpha value is -3.48. The van der Waals surface area contributed by atoms with Gasteiger partial charge in [0.15, 0.2) is 0 Å². The molecule has 0 unspecified atom stereocenters. The fourth-order valence-electron chi connectivity index (χ4n) is 2.55. The predicted molar refractivity (Wildman–Crippen MR) is 100 cm³/mol. The van der Waals surface area contributed by atoms with Gasteiger partial charge in [-0.3, -0.25) is 9.59 Å². The predicted octanol–water partition coefficient (Wildman–Crippen LogP) is 2.72. The van der Waals surface area contributed by atoms with Crippen LogP contribution in [0, 0.1) is 6.92 Å². The molecule has 0 aliphatic heterocycles. The second-order valence-corrected chi connectivity index (χ2v) is 5.95. The lowest BCUT2D eigenvalue weighted by Gasteiger charge is -2.08. The molecule has 1 aromatic heterocycles. The maximum Gasteiger partial charge on any atom is 0.251 e. The molecule has 1 heterocycles. The molecule has 3 rings (SSSR count). The van der Waals surface area contributed by atoms with Gasteiger partial charge >= 0.3 is 0 Å². The van der Waals surface area contributed by atoms with Crippen molar-refractivity contribution >= 4 is 11.8 Å². The Kier molecular flexibility index (Phi) is 5.61. The molecule has 27 heavy (non-hydrogen) atoms. The van der Waals surface area contributed by atoms with E-state index in [0.717, 1.165) is 11.1 Å². The lowest BCUT2D eigenvalue weighted by Crippen LogP contribution is -2.24. The van der Waals surface area contributed by atoms with Crippen molar-refractivity contribution in [3.63, 3.8) is 0 Å². The summed E-state index contributed by atoms with van der Waals surface area (Å²) in [6.45, 7) is 4.49. The highest BCUT2D eigenvalue weighted by atomic mass is 16.4. The third-order valence-corrected chi connectivity index (χ3v) is 3.90. The van der Waals surface area contributed by atoms with Gasteiger partial charge in [0.2, 0.25) is 11.8 Å². The van der Waals surface area contributed by atoms with Gasteiger partial charge in [0.05, 0.1) is 0 Å². The van der Waals surface area contributed by atoms with Gasteiger partial charge in [-0.15, -0.1) is 10.2 Å². The fourth-order valence-corrected chi connectivity index (χ4v) is 2.55. The SMILES string of the molecule is CCNC(=O)c1cccc(CNC(=O)c2ccc(-c3nnc(C)o3)cc2)c1. The van der Waals surface area contributed by atoms with Crippen LogP contribution in [-0.2, 0) is 6.54 Å². The number of rotatable bonds is 6. The molecule has 0 saturated carbocycles. The van der Waals surface area contributed by atoms with Crippen LogP contribution < -0.4 is 10.6 Å². The standard InChI is InChI=1S/C20H20N4O3/c1-3-21-19(26)17-6-4-5-14(11-17)12-22-18(25)15-7-9-16(10-8-15)20-24-23-13(2)27-20/h4-11H,3,12H2,1-2H3,(H,21,26)(H,22,25). The molecule has 0 spiro atoms. The van der Waals surface area contributed by atoms with E-state index in [9.17, 15) is 9.59 Å². The van der Waals surface area contributed by atoms with Crippen molar-refractivity contribution in [2.75, 3.05) is 6.54 Å². The van der Waals surface area contributed by atoms with E-state index in [1.807, 2.05) is 13.0 Å². The van der Waals surface area contributed by atoms with Crippen molar-refractivity contribution in [3.05, 3.63) is 71.1 Å². The minimum atomic E-state index is -0.202. The molecule has 0 fully saturated rings. The summed E-state index contributed by atoms with van der Waals surface area (Å²) in [5.41, 5.74) is 2.70. The minimum absolute atomic E-state index is 0.127. The first-order valence-electron chi connectivity index (χ1n) is 8.62. The number of aryl methyl sites for hydroxylation is 1. The van der Waals surface area contributed by atoms with Crippen LogP contribution in [0.5, 0.6) is 0 Å². The van der Waals surface area contributed by atoms with Crippen LogP contribution >= 0.6 is 0 Å². The van der Waals surface area contributed by atoms with Crippen molar-refractivity contribution < 1.29 is 14.0 Å². The Balaban J connectivity index is 1.62. The van der Waals surface area contributed by atoms with Crippen molar-refractivity contribution in [2.24, 2.45) is 0 Å². The first kappa shape index (κ1) is 18.3. The van der Waals surface area contributed by atoms with E-state index >= 15 is 0 Å². The maximum absolute atomic E-state index is 12.3. The highest BCUT2D eigenvalue weighted by Gasteiger charge is 2.10. The molecule has 0 aliphatic carbocycles. The number of benzene rings is 2. The second-order valence-electron chi connectivity index (χ2n) is 5.95.